The number of fused-ring (bicyclic) bond motifs is 1. The zero-order chi connectivity index (χ0) is 19.2. The Bertz CT molecular complexity index is 840. The number of nitrogens with zero attached hydrogens (tertiary/aromatic N) is 1. The lowest BCUT2D eigenvalue weighted by molar-refractivity contribution is 0.0771. The van der Waals surface area contributed by atoms with Gasteiger partial charge in [-0.25, -0.2) is 0 Å². The summed E-state index contributed by atoms with van der Waals surface area (Å²) < 4.78 is 5.97. The van der Waals surface area contributed by atoms with Crippen LogP contribution in [0.15, 0.2) is 48.6 Å². The maximum Gasteiger partial charge on any atom is 0.254 e. The molecule has 28 heavy (non-hydrogen) atoms. The predicted molar refractivity (Wildman–Crippen MR) is 114 cm³/mol. The van der Waals surface area contributed by atoms with E-state index in [0.29, 0.717) is 6.54 Å². The van der Waals surface area contributed by atoms with Crippen LogP contribution in [0, 0.1) is 5.92 Å². The molecule has 1 saturated heterocycles. The van der Waals surface area contributed by atoms with Gasteiger partial charge in [-0.2, -0.15) is 0 Å². The third-order valence-electron chi connectivity index (χ3n) is 5.83. The van der Waals surface area contributed by atoms with E-state index in [1.807, 2.05) is 29.2 Å². The lowest BCUT2D eigenvalue weighted by Gasteiger charge is -2.23. The van der Waals surface area contributed by atoms with Gasteiger partial charge in [0.1, 0.15) is 5.75 Å². The van der Waals surface area contributed by atoms with Gasteiger partial charge in [-0.1, -0.05) is 24.3 Å². The molecule has 148 valence electrons. The summed E-state index contributed by atoms with van der Waals surface area (Å²) in [5, 5.41) is 5.67. The number of nitrogens with one attached hydrogen (secondary N) is 1. The fraction of sp³-hybridized carbons (Fsp3) is 0.458. The van der Waals surface area contributed by atoms with Crippen molar-refractivity contribution in [2.24, 2.45) is 5.92 Å². The van der Waals surface area contributed by atoms with Crippen molar-refractivity contribution in [2.45, 2.75) is 32.1 Å². The molecule has 0 bridgehead atoms. The molecule has 4 rings (SSSR count). The summed E-state index contributed by atoms with van der Waals surface area (Å²) in [6.07, 6.45) is 10.1. The molecule has 1 amide bonds. The molecule has 2 aromatic rings. The summed E-state index contributed by atoms with van der Waals surface area (Å²) in [6, 6.07) is 12.1. The lowest BCUT2D eigenvalue weighted by Crippen LogP contribution is -2.33. The molecule has 0 aliphatic carbocycles. The fourth-order valence-corrected chi connectivity index (χ4v) is 4.19. The maximum atomic E-state index is 12.7. The van der Waals surface area contributed by atoms with Gasteiger partial charge in [0.15, 0.2) is 0 Å². The summed E-state index contributed by atoms with van der Waals surface area (Å²) in [6.45, 7) is 4.61. The van der Waals surface area contributed by atoms with Crippen LogP contribution in [-0.4, -0.2) is 43.6 Å². The second kappa shape index (κ2) is 9.24. The van der Waals surface area contributed by atoms with Gasteiger partial charge in [-0.3, -0.25) is 4.79 Å². The molecule has 0 radical (unpaired) electrons. The van der Waals surface area contributed by atoms with Gasteiger partial charge in [0.2, 0.25) is 0 Å². The van der Waals surface area contributed by atoms with E-state index in [1.54, 1.807) is 0 Å². The second-order valence-electron chi connectivity index (χ2n) is 7.94. The number of hydrogen-bond acceptors (Lipinski definition) is 3. The monoisotopic (exact) mass is 378 g/mol. The minimum atomic E-state index is 0.115. The van der Waals surface area contributed by atoms with Crippen LogP contribution in [0.3, 0.4) is 0 Å². The van der Waals surface area contributed by atoms with Gasteiger partial charge < -0.3 is 15.0 Å². The van der Waals surface area contributed by atoms with Gasteiger partial charge in [-0.05, 0) is 86.1 Å². The van der Waals surface area contributed by atoms with Crippen LogP contribution >= 0.6 is 0 Å². The van der Waals surface area contributed by atoms with Gasteiger partial charge in [0, 0.05) is 18.7 Å². The van der Waals surface area contributed by atoms with Gasteiger partial charge in [-0.15, -0.1) is 0 Å². The average molecular weight is 379 g/mol. The first-order chi connectivity index (χ1) is 13.8. The highest BCUT2D eigenvalue weighted by Gasteiger charge is 2.16. The Kier molecular flexibility index (Phi) is 6.27. The molecular weight excluding hydrogens is 348 g/mol. The molecule has 1 atom stereocenters. The number of amides is 1. The highest BCUT2D eigenvalue weighted by atomic mass is 16.5. The van der Waals surface area contributed by atoms with E-state index >= 15 is 0 Å². The number of carbonyl (C=O) groups is 1. The SMILES string of the molecule is O=C(c1ccc2cc(OCCCC3CCCNC3)ccc2c1)N1CC=CCC1. The molecule has 2 aliphatic rings. The van der Waals surface area contributed by atoms with E-state index in [9.17, 15) is 4.79 Å². The van der Waals surface area contributed by atoms with Crippen LogP contribution < -0.4 is 10.1 Å². The summed E-state index contributed by atoms with van der Waals surface area (Å²) in [7, 11) is 0. The molecule has 0 spiro atoms. The van der Waals surface area contributed by atoms with Crippen molar-refractivity contribution in [3.8, 4) is 5.75 Å². The summed E-state index contributed by atoms with van der Waals surface area (Å²) in [5.41, 5.74) is 0.762. The van der Waals surface area contributed by atoms with Crippen LogP contribution in [0.4, 0.5) is 0 Å². The molecule has 2 aromatic carbocycles. The third-order valence-corrected chi connectivity index (χ3v) is 5.83. The fourth-order valence-electron chi connectivity index (χ4n) is 4.19. The van der Waals surface area contributed by atoms with Crippen molar-refractivity contribution < 1.29 is 9.53 Å². The standard InChI is InChI=1S/C24H30N2O2/c27-24(26-13-2-1-3-14-26)22-9-8-21-17-23(11-10-20(21)16-22)28-15-5-7-19-6-4-12-25-18-19/h1-2,8-11,16-17,19,25H,3-7,12-15,18H2. The summed E-state index contributed by atoms with van der Waals surface area (Å²) >= 11 is 0. The van der Waals surface area contributed by atoms with Gasteiger partial charge >= 0.3 is 0 Å². The lowest BCUT2D eigenvalue weighted by atomic mass is 9.95. The average Bonchev–Trinajstić information content (AvgIpc) is 2.77. The molecular formula is C24H30N2O2. The van der Waals surface area contributed by atoms with E-state index in [2.05, 4.69) is 29.6 Å². The molecule has 0 saturated carbocycles. The van der Waals surface area contributed by atoms with Crippen molar-refractivity contribution in [3.63, 3.8) is 0 Å². The van der Waals surface area contributed by atoms with Crippen LogP contribution in [0.2, 0.25) is 0 Å². The first kappa shape index (κ1) is 19.0. The molecule has 1 N–H and O–H groups in total. The first-order valence-corrected chi connectivity index (χ1v) is 10.6. The van der Waals surface area contributed by atoms with Crippen molar-refractivity contribution in [3.05, 3.63) is 54.1 Å². The van der Waals surface area contributed by atoms with Crippen LogP contribution in [0.25, 0.3) is 10.8 Å². The van der Waals surface area contributed by atoms with Crippen molar-refractivity contribution in [1.29, 1.82) is 0 Å². The third kappa shape index (κ3) is 4.74. The Morgan fingerprint density at radius 2 is 2.04 bits per heavy atom. The number of benzene rings is 2. The van der Waals surface area contributed by atoms with Crippen LogP contribution in [0.1, 0.15) is 42.5 Å². The van der Waals surface area contributed by atoms with Crippen molar-refractivity contribution >= 4 is 16.7 Å². The quantitative estimate of drug-likeness (QED) is 0.598. The minimum absolute atomic E-state index is 0.115. The normalized spacial score (nSPS) is 19.7. The highest BCUT2D eigenvalue weighted by Crippen LogP contribution is 2.24. The number of carbonyl (C=O) groups excluding carboxylic acids is 1. The largest absolute Gasteiger partial charge is 0.494 e. The smallest absolute Gasteiger partial charge is 0.254 e. The van der Waals surface area contributed by atoms with Crippen molar-refractivity contribution in [1.82, 2.24) is 10.2 Å². The molecule has 1 unspecified atom stereocenters. The molecule has 2 heterocycles. The van der Waals surface area contributed by atoms with E-state index in [0.717, 1.165) is 60.5 Å². The molecule has 1 fully saturated rings. The van der Waals surface area contributed by atoms with Crippen molar-refractivity contribution in [2.75, 3.05) is 32.8 Å². The van der Waals surface area contributed by atoms with Gasteiger partial charge in [0.05, 0.1) is 6.61 Å². The minimum Gasteiger partial charge on any atom is -0.494 e. The second-order valence-corrected chi connectivity index (χ2v) is 7.94. The molecule has 0 aromatic heterocycles. The topological polar surface area (TPSA) is 41.6 Å². The molecule has 2 aliphatic heterocycles. The summed E-state index contributed by atoms with van der Waals surface area (Å²) in [4.78, 5) is 14.6. The van der Waals surface area contributed by atoms with E-state index in [-0.39, 0.29) is 5.91 Å². The Morgan fingerprint density at radius 3 is 2.86 bits per heavy atom. The Hall–Kier alpha value is -2.33. The predicted octanol–water partition coefficient (Wildman–Crippen LogP) is 4.40. The van der Waals surface area contributed by atoms with Crippen LogP contribution in [0.5, 0.6) is 5.75 Å². The zero-order valence-electron chi connectivity index (χ0n) is 16.5. The zero-order valence-corrected chi connectivity index (χ0v) is 16.5. The maximum absolute atomic E-state index is 12.7. The number of ether oxygens (including phenoxy) is 1. The first-order valence-electron chi connectivity index (χ1n) is 10.6. The van der Waals surface area contributed by atoms with Gasteiger partial charge in [0.25, 0.3) is 5.91 Å². The van der Waals surface area contributed by atoms with E-state index in [4.69, 9.17) is 4.74 Å². The number of hydrogen-bond donors (Lipinski definition) is 1. The van der Waals surface area contributed by atoms with Crippen LogP contribution in [-0.2, 0) is 0 Å². The highest BCUT2D eigenvalue weighted by molar-refractivity contribution is 5.99. The Balaban J connectivity index is 1.33. The Morgan fingerprint density at radius 1 is 1.14 bits per heavy atom. The number of piperidine rings is 1. The van der Waals surface area contributed by atoms with E-state index in [1.165, 1.54) is 25.8 Å². The van der Waals surface area contributed by atoms with E-state index < -0.39 is 0 Å². The number of rotatable bonds is 6. The molecule has 4 heteroatoms. The summed E-state index contributed by atoms with van der Waals surface area (Å²) in [5.74, 6) is 1.83. The molecule has 4 nitrogen and oxygen atoms in total. The Labute approximate surface area is 167 Å².